The van der Waals surface area contributed by atoms with Crippen molar-refractivity contribution in [1.29, 1.82) is 0 Å². The van der Waals surface area contributed by atoms with E-state index >= 15 is 0 Å². The third kappa shape index (κ3) is 1.58. The monoisotopic (exact) mass is 239 g/mol. The molecule has 0 radical (unpaired) electrons. The molecule has 0 saturated carbocycles. The van der Waals surface area contributed by atoms with E-state index in [1.165, 1.54) is 0 Å². The van der Waals surface area contributed by atoms with Gasteiger partial charge in [0.25, 0.3) is 0 Å². The molecule has 4 heteroatoms. The van der Waals surface area contributed by atoms with E-state index in [9.17, 15) is 13.9 Å². The quantitative estimate of drug-likeness (QED) is 0.810. The van der Waals surface area contributed by atoms with Gasteiger partial charge in [0.1, 0.15) is 17.2 Å². The van der Waals surface area contributed by atoms with Crippen molar-refractivity contribution in [3.8, 4) is 0 Å². The lowest BCUT2D eigenvalue weighted by atomic mass is 9.85. The van der Waals surface area contributed by atoms with Crippen molar-refractivity contribution in [3.63, 3.8) is 0 Å². The second-order valence-electron chi connectivity index (χ2n) is 4.99. The molecule has 2 fully saturated rings. The first-order chi connectivity index (χ1) is 8.11. The molecule has 0 aliphatic carbocycles. The molecule has 2 aliphatic heterocycles. The van der Waals surface area contributed by atoms with E-state index in [1.807, 2.05) is 0 Å². The van der Waals surface area contributed by atoms with Crippen LogP contribution >= 0.6 is 0 Å². The van der Waals surface area contributed by atoms with E-state index in [0.717, 1.165) is 44.1 Å². The highest BCUT2D eigenvalue weighted by Crippen LogP contribution is 2.43. The average molecular weight is 239 g/mol. The highest BCUT2D eigenvalue weighted by molar-refractivity contribution is 5.29. The van der Waals surface area contributed by atoms with Gasteiger partial charge in [-0.1, -0.05) is 0 Å². The Morgan fingerprint density at radius 3 is 2.94 bits per heavy atom. The molecule has 1 N–H and O–H groups in total. The van der Waals surface area contributed by atoms with Gasteiger partial charge in [0, 0.05) is 18.2 Å². The highest BCUT2D eigenvalue weighted by atomic mass is 19.1. The largest absolute Gasteiger partial charge is 0.383 e. The highest BCUT2D eigenvalue weighted by Gasteiger charge is 2.50. The summed E-state index contributed by atoms with van der Waals surface area (Å²) < 4.78 is 27.0. The van der Waals surface area contributed by atoms with Gasteiger partial charge in [0.05, 0.1) is 0 Å². The SMILES string of the molecule is OC1(c2cc(F)ccc2F)CCN2CCCC21. The summed E-state index contributed by atoms with van der Waals surface area (Å²) >= 11 is 0. The van der Waals surface area contributed by atoms with E-state index < -0.39 is 17.2 Å². The molecule has 0 bridgehead atoms. The predicted octanol–water partition coefficient (Wildman–Crippen LogP) is 2.02. The van der Waals surface area contributed by atoms with Crippen LogP contribution in [-0.2, 0) is 5.60 Å². The van der Waals surface area contributed by atoms with E-state index in [-0.39, 0.29) is 11.6 Å². The second-order valence-corrected chi connectivity index (χ2v) is 4.99. The predicted molar refractivity (Wildman–Crippen MR) is 59.5 cm³/mol. The van der Waals surface area contributed by atoms with Crippen molar-refractivity contribution in [2.75, 3.05) is 13.1 Å². The molecule has 2 heterocycles. The molecule has 92 valence electrons. The van der Waals surface area contributed by atoms with Gasteiger partial charge in [-0.2, -0.15) is 0 Å². The maximum Gasteiger partial charge on any atom is 0.129 e. The lowest BCUT2D eigenvalue weighted by Gasteiger charge is -2.30. The van der Waals surface area contributed by atoms with Crippen LogP contribution < -0.4 is 0 Å². The maximum absolute atomic E-state index is 13.8. The molecule has 0 aromatic heterocycles. The third-order valence-corrected chi connectivity index (χ3v) is 4.09. The first-order valence-electron chi connectivity index (χ1n) is 6.03. The summed E-state index contributed by atoms with van der Waals surface area (Å²) in [5, 5.41) is 10.7. The molecule has 2 unspecified atom stereocenters. The summed E-state index contributed by atoms with van der Waals surface area (Å²) in [5.41, 5.74) is -1.10. The van der Waals surface area contributed by atoms with E-state index in [4.69, 9.17) is 0 Å². The molecule has 2 aliphatic rings. The van der Waals surface area contributed by atoms with Gasteiger partial charge in [0.2, 0.25) is 0 Å². The number of rotatable bonds is 1. The number of fused-ring (bicyclic) bond motifs is 1. The molecule has 2 saturated heterocycles. The minimum absolute atomic E-state index is 0.0567. The van der Waals surface area contributed by atoms with Crippen LogP contribution in [0.25, 0.3) is 0 Å². The molecule has 0 amide bonds. The Morgan fingerprint density at radius 2 is 2.12 bits per heavy atom. The zero-order valence-corrected chi connectivity index (χ0v) is 9.50. The lowest BCUT2D eigenvalue weighted by molar-refractivity contribution is 0.00593. The molecular formula is C13H15F2NO. The normalized spacial score (nSPS) is 33.0. The van der Waals surface area contributed by atoms with Gasteiger partial charge in [0.15, 0.2) is 0 Å². The number of hydrogen-bond acceptors (Lipinski definition) is 2. The van der Waals surface area contributed by atoms with Crippen LogP contribution in [0.2, 0.25) is 0 Å². The molecule has 3 rings (SSSR count). The summed E-state index contributed by atoms with van der Waals surface area (Å²) in [6.07, 6.45) is 2.36. The number of aliphatic hydroxyl groups is 1. The minimum Gasteiger partial charge on any atom is -0.383 e. The number of halogens is 2. The molecular weight excluding hydrogens is 224 g/mol. The van der Waals surface area contributed by atoms with Gasteiger partial charge in [-0.3, -0.25) is 4.90 Å². The zero-order valence-electron chi connectivity index (χ0n) is 9.50. The van der Waals surface area contributed by atoms with Gasteiger partial charge in [-0.25, -0.2) is 8.78 Å². The Morgan fingerprint density at radius 1 is 1.29 bits per heavy atom. The third-order valence-electron chi connectivity index (χ3n) is 4.09. The van der Waals surface area contributed by atoms with Gasteiger partial charge < -0.3 is 5.11 Å². The molecule has 0 spiro atoms. The first-order valence-corrected chi connectivity index (χ1v) is 6.03. The Balaban J connectivity index is 2.05. The minimum atomic E-state index is -1.22. The summed E-state index contributed by atoms with van der Waals surface area (Å²) in [6.45, 7) is 1.71. The van der Waals surface area contributed by atoms with Crippen molar-refractivity contribution in [1.82, 2.24) is 4.90 Å². The van der Waals surface area contributed by atoms with Crippen LogP contribution in [0.4, 0.5) is 8.78 Å². The first kappa shape index (κ1) is 11.1. The van der Waals surface area contributed by atoms with Crippen LogP contribution in [0.3, 0.4) is 0 Å². The van der Waals surface area contributed by atoms with Crippen LogP contribution in [0.15, 0.2) is 18.2 Å². The van der Waals surface area contributed by atoms with Crippen LogP contribution in [-0.4, -0.2) is 29.1 Å². The molecule has 2 nitrogen and oxygen atoms in total. The van der Waals surface area contributed by atoms with Crippen molar-refractivity contribution < 1.29 is 13.9 Å². The number of nitrogens with zero attached hydrogens (tertiary/aromatic N) is 1. The fourth-order valence-corrected chi connectivity index (χ4v) is 3.26. The molecule has 17 heavy (non-hydrogen) atoms. The second kappa shape index (κ2) is 3.75. The summed E-state index contributed by atoms with van der Waals surface area (Å²) in [7, 11) is 0. The van der Waals surface area contributed by atoms with Crippen LogP contribution in [0, 0.1) is 11.6 Å². The standard InChI is InChI=1S/C13H15F2NO/c14-9-3-4-11(15)10(8-9)13(17)5-7-16-6-1-2-12(13)16/h3-4,8,12,17H,1-2,5-7H2. The Bertz CT molecular complexity index is 451. The maximum atomic E-state index is 13.8. The van der Waals surface area contributed by atoms with Crippen molar-refractivity contribution in [2.45, 2.75) is 30.9 Å². The smallest absolute Gasteiger partial charge is 0.129 e. The number of benzene rings is 1. The van der Waals surface area contributed by atoms with Gasteiger partial charge in [-0.05, 0) is 44.0 Å². The molecule has 2 atom stereocenters. The summed E-state index contributed by atoms with van der Waals surface area (Å²) in [6, 6.07) is 3.26. The van der Waals surface area contributed by atoms with Crippen molar-refractivity contribution >= 4 is 0 Å². The summed E-state index contributed by atoms with van der Waals surface area (Å²) in [5.74, 6) is -1.01. The van der Waals surface area contributed by atoms with Crippen molar-refractivity contribution in [2.24, 2.45) is 0 Å². The Kier molecular flexibility index (Phi) is 2.45. The van der Waals surface area contributed by atoms with E-state index in [1.54, 1.807) is 0 Å². The topological polar surface area (TPSA) is 23.5 Å². The van der Waals surface area contributed by atoms with Gasteiger partial charge >= 0.3 is 0 Å². The van der Waals surface area contributed by atoms with E-state index in [2.05, 4.69) is 4.90 Å². The summed E-state index contributed by atoms with van der Waals surface area (Å²) in [4.78, 5) is 2.17. The van der Waals surface area contributed by atoms with Crippen LogP contribution in [0.1, 0.15) is 24.8 Å². The Hall–Kier alpha value is -1.00. The average Bonchev–Trinajstić information content (AvgIpc) is 2.87. The number of hydrogen-bond donors (Lipinski definition) is 1. The zero-order chi connectivity index (χ0) is 12.0. The fourth-order valence-electron chi connectivity index (χ4n) is 3.26. The fraction of sp³-hybridized carbons (Fsp3) is 0.538. The Labute approximate surface area is 98.9 Å². The van der Waals surface area contributed by atoms with Crippen LogP contribution in [0.5, 0.6) is 0 Å². The molecule has 1 aromatic rings. The van der Waals surface area contributed by atoms with Gasteiger partial charge in [-0.15, -0.1) is 0 Å². The molecule has 1 aromatic carbocycles. The lowest BCUT2D eigenvalue weighted by Crippen LogP contribution is -2.39. The van der Waals surface area contributed by atoms with E-state index in [0.29, 0.717) is 6.42 Å². The van der Waals surface area contributed by atoms with Crippen molar-refractivity contribution in [3.05, 3.63) is 35.4 Å².